The molecule has 1 aliphatic heterocycles. The molecule has 2 heterocycles. The summed E-state index contributed by atoms with van der Waals surface area (Å²) >= 11 is 0. The molecule has 1 saturated heterocycles. The number of aromatic amines is 1. The van der Waals surface area contributed by atoms with Gasteiger partial charge in [0.1, 0.15) is 5.69 Å². The van der Waals surface area contributed by atoms with Crippen molar-refractivity contribution < 1.29 is 19.1 Å². The van der Waals surface area contributed by atoms with Gasteiger partial charge in [-0.15, -0.1) is 0 Å². The Morgan fingerprint density at radius 1 is 0.867 bits per heavy atom. The number of nitrogens with zero attached hydrogens (tertiary/aromatic N) is 2. The largest absolute Gasteiger partial charge is 0.493 e. The van der Waals surface area contributed by atoms with E-state index < -0.39 is 0 Å². The number of methoxy groups -OCH3 is 2. The van der Waals surface area contributed by atoms with Crippen molar-refractivity contribution in [2.75, 3.05) is 40.4 Å². The Kier molecular flexibility index (Phi) is 5.35. The molecule has 4 rings (SSSR count). The van der Waals surface area contributed by atoms with Crippen LogP contribution in [0.25, 0.3) is 10.9 Å². The van der Waals surface area contributed by atoms with Gasteiger partial charge in [-0.25, -0.2) is 0 Å². The number of hydrogen-bond donors (Lipinski definition) is 1. The molecule has 0 radical (unpaired) electrons. The average Bonchev–Trinajstić information content (AvgIpc) is 3.14. The Hall–Kier alpha value is -3.48. The number of carbonyl (C=O) groups excluding carboxylic acids is 2. The van der Waals surface area contributed by atoms with Crippen LogP contribution in [0.3, 0.4) is 0 Å². The van der Waals surface area contributed by atoms with Gasteiger partial charge in [-0.05, 0) is 36.8 Å². The van der Waals surface area contributed by atoms with Crippen molar-refractivity contribution in [1.29, 1.82) is 0 Å². The smallest absolute Gasteiger partial charge is 0.270 e. The predicted molar refractivity (Wildman–Crippen MR) is 114 cm³/mol. The number of amides is 2. The van der Waals surface area contributed by atoms with Gasteiger partial charge in [0.2, 0.25) is 0 Å². The topological polar surface area (TPSA) is 74.9 Å². The molecular weight excluding hydrogens is 382 g/mol. The molecule has 30 heavy (non-hydrogen) atoms. The lowest BCUT2D eigenvalue weighted by Gasteiger charge is -2.34. The minimum Gasteiger partial charge on any atom is -0.493 e. The zero-order chi connectivity index (χ0) is 21.3. The molecule has 2 aromatic carbocycles. The number of nitrogens with one attached hydrogen (secondary N) is 1. The molecule has 156 valence electrons. The van der Waals surface area contributed by atoms with Crippen LogP contribution in [0.5, 0.6) is 11.5 Å². The maximum absolute atomic E-state index is 13.1. The second kappa shape index (κ2) is 8.10. The van der Waals surface area contributed by atoms with Gasteiger partial charge in [0.15, 0.2) is 11.5 Å². The maximum Gasteiger partial charge on any atom is 0.270 e. The van der Waals surface area contributed by atoms with Crippen molar-refractivity contribution in [2.24, 2.45) is 0 Å². The molecule has 0 bridgehead atoms. The van der Waals surface area contributed by atoms with E-state index in [9.17, 15) is 9.59 Å². The highest BCUT2D eigenvalue weighted by Gasteiger charge is 2.27. The summed E-state index contributed by atoms with van der Waals surface area (Å²) in [4.78, 5) is 32.8. The molecule has 2 amide bonds. The summed E-state index contributed by atoms with van der Waals surface area (Å²) in [5.74, 6) is 0.997. The zero-order valence-corrected chi connectivity index (χ0v) is 17.4. The quantitative estimate of drug-likeness (QED) is 0.721. The minimum atomic E-state index is -0.0788. The van der Waals surface area contributed by atoms with E-state index >= 15 is 0 Å². The van der Waals surface area contributed by atoms with E-state index in [4.69, 9.17) is 9.47 Å². The van der Waals surface area contributed by atoms with Crippen LogP contribution in [0.4, 0.5) is 0 Å². The molecule has 0 atom stereocenters. The van der Waals surface area contributed by atoms with E-state index in [-0.39, 0.29) is 11.8 Å². The average molecular weight is 407 g/mol. The maximum atomic E-state index is 13.1. The lowest BCUT2D eigenvalue weighted by molar-refractivity contribution is 0.0532. The van der Waals surface area contributed by atoms with E-state index in [0.29, 0.717) is 48.9 Å². The fourth-order valence-corrected chi connectivity index (χ4v) is 3.92. The highest BCUT2D eigenvalue weighted by atomic mass is 16.5. The van der Waals surface area contributed by atoms with Gasteiger partial charge in [0.25, 0.3) is 11.8 Å². The van der Waals surface area contributed by atoms with Gasteiger partial charge in [-0.1, -0.05) is 18.2 Å². The molecule has 0 aliphatic carbocycles. The molecular formula is C23H25N3O4. The summed E-state index contributed by atoms with van der Waals surface area (Å²) in [5.41, 5.74) is 3.08. The highest BCUT2D eigenvalue weighted by molar-refractivity contribution is 6.01. The fraction of sp³-hybridized carbons (Fsp3) is 0.304. The van der Waals surface area contributed by atoms with Crippen LogP contribution < -0.4 is 9.47 Å². The SMILES string of the molecule is COc1ccc(C(=O)N2CCN(C(=O)c3[nH]c4ccccc4c3C)CC2)cc1OC. The van der Waals surface area contributed by atoms with Crippen LogP contribution in [0.1, 0.15) is 26.4 Å². The highest BCUT2D eigenvalue weighted by Crippen LogP contribution is 2.28. The van der Waals surface area contributed by atoms with Gasteiger partial charge in [0.05, 0.1) is 14.2 Å². The lowest BCUT2D eigenvalue weighted by atomic mass is 10.1. The lowest BCUT2D eigenvalue weighted by Crippen LogP contribution is -2.50. The van der Waals surface area contributed by atoms with Crippen molar-refractivity contribution in [3.8, 4) is 11.5 Å². The molecule has 1 aliphatic rings. The number of rotatable bonds is 4. The van der Waals surface area contributed by atoms with Crippen molar-refractivity contribution in [3.05, 3.63) is 59.3 Å². The fourth-order valence-electron chi connectivity index (χ4n) is 3.92. The number of fused-ring (bicyclic) bond motifs is 1. The first-order valence-electron chi connectivity index (χ1n) is 9.91. The summed E-state index contributed by atoms with van der Waals surface area (Å²) in [5, 5.41) is 1.06. The van der Waals surface area contributed by atoms with Crippen LogP contribution in [0.15, 0.2) is 42.5 Å². The van der Waals surface area contributed by atoms with E-state index in [1.54, 1.807) is 42.2 Å². The van der Waals surface area contributed by atoms with E-state index in [0.717, 1.165) is 16.5 Å². The summed E-state index contributed by atoms with van der Waals surface area (Å²) in [7, 11) is 3.10. The third-order valence-corrected chi connectivity index (χ3v) is 5.66. The zero-order valence-electron chi connectivity index (χ0n) is 17.4. The van der Waals surface area contributed by atoms with E-state index in [2.05, 4.69) is 4.98 Å². The first-order chi connectivity index (χ1) is 14.5. The number of aromatic nitrogens is 1. The first-order valence-corrected chi connectivity index (χ1v) is 9.91. The Morgan fingerprint density at radius 3 is 2.13 bits per heavy atom. The number of para-hydroxylation sites is 1. The summed E-state index contributed by atoms with van der Waals surface area (Å²) in [6.07, 6.45) is 0. The molecule has 7 nitrogen and oxygen atoms in total. The van der Waals surface area contributed by atoms with Crippen molar-refractivity contribution in [1.82, 2.24) is 14.8 Å². The van der Waals surface area contributed by atoms with Gasteiger partial charge < -0.3 is 24.3 Å². The van der Waals surface area contributed by atoms with Crippen LogP contribution >= 0.6 is 0 Å². The number of H-pyrrole nitrogens is 1. The third-order valence-electron chi connectivity index (χ3n) is 5.66. The van der Waals surface area contributed by atoms with Crippen molar-refractivity contribution >= 4 is 22.7 Å². The second-order valence-corrected chi connectivity index (χ2v) is 7.32. The van der Waals surface area contributed by atoms with Gasteiger partial charge in [-0.2, -0.15) is 0 Å². The Morgan fingerprint density at radius 2 is 1.50 bits per heavy atom. The van der Waals surface area contributed by atoms with E-state index in [1.807, 2.05) is 31.2 Å². The predicted octanol–water partition coefficient (Wildman–Crippen LogP) is 3.09. The molecule has 0 spiro atoms. The number of benzene rings is 2. The van der Waals surface area contributed by atoms with Crippen LogP contribution in [0, 0.1) is 6.92 Å². The summed E-state index contributed by atoms with van der Waals surface area (Å²) in [6, 6.07) is 13.0. The summed E-state index contributed by atoms with van der Waals surface area (Å²) in [6.45, 7) is 3.92. The van der Waals surface area contributed by atoms with Crippen molar-refractivity contribution in [2.45, 2.75) is 6.92 Å². The molecule has 1 fully saturated rings. The van der Waals surface area contributed by atoms with Crippen LogP contribution in [-0.4, -0.2) is 67.0 Å². The number of hydrogen-bond acceptors (Lipinski definition) is 4. The molecule has 1 N–H and O–H groups in total. The molecule has 1 aromatic heterocycles. The number of carbonyl (C=O) groups is 2. The standard InChI is InChI=1S/C23H25N3O4/c1-15-17-6-4-5-7-18(17)24-21(15)23(28)26-12-10-25(11-13-26)22(27)16-8-9-19(29-2)20(14-16)30-3/h4-9,14,24H,10-13H2,1-3H3. The minimum absolute atomic E-state index is 0.0260. The number of aryl methyl sites for hydroxylation is 1. The Labute approximate surface area is 175 Å². The molecule has 7 heteroatoms. The Balaban J connectivity index is 1.45. The third kappa shape index (κ3) is 3.47. The first kappa shape index (κ1) is 19.8. The van der Waals surface area contributed by atoms with Gasteiger partial charge >= 0.3 is 0 Å². The molecule has 0 saturated carbocycles. The van der Waals surface area contributed by atoms with Gasteiger partial charge in [0, 0.05) is 42.6 Å². The van der Waals surface area contributed by atoms with Crippen LogP contribution in [-0.2, 0) is 0 Å². The second-order valence-electron chi connectivity index (χ2n) is 7.32. The van der Waals surface area contributed by atoms with Crippen molar-refractivity contribution in [3.63, 3.8) is 0 Å². The van der Waals surface area contributed by atoms with Gasteiger partial charge in [-0.3, -0.25) is 9.59 Å². The number of ether oxygens (including phenoxy) is 2. The number of piperazine rings is 1. The summed E-state index contributed by atoms with van der Waals surface area (Å²) < 4.78 is 10.5. The molecule has 3 aromatic rings. The molecule has 0 unspecified atom stereocenters. The Bertz CT molecular complexity index is 1100. The van der Waals surface area contributed by atoms with E-state index in [1.165, 1.54) is 0 Å². The monoisotopic (exact) mass is 407 g/mol. The normalized spacial score (nSPS) is 14.1. The van der Waals surface area contributed by atoms with Crippen LogP contribution in [0.2, 0.25) is 0 Å².